The molecule has 0 amide bonds. The molecule has 0 radical (unpaired) electrons. The van der Waals surface area contributed by atoms with Crippen molar-refractivity contribution in [2.75, 3.05) is 0 Å². The molecule has 2 heteroatoms. The molecule has 0 saturated heterocycles. The minimum absolute atomic E-state index is 0.974. The van der Waals surface area contributed by atoms with Crippen molar-refractivity contribution in [3.05, 3.63) is 42.5 Å². The lowest BCUT2D eigenvalue weighted by Crippen LogP contribution is -1.93. The van der Waals surface area contributed by atoms with Gasteiger partial charge < -0.3 is 4.57 Å². The lowest BCUT2D eigenvalue weighted by Gasteiger charge is -2.04. The molecule has 1 nitrogen and oxygen atoms in total. The van der Waals surface area contributed by atoms with Gasteiger partial charge in [0.05, 0.1) is 5.52 Å². The number of aryl methyl sites for hydroxylation is 1. The molecule has 0 atom stereocenters. The first kappa shape index (κ1) is 9.79. The van der Waals surface area contributed by atoms with Crippen LogP contribution in [0.4, 0.5) is 0 Å². The van der Waals surface area contributed by atoms with E-state index in [1.165, 1.54) is 21.8 Å². The second-order valence-corrected chi connectivity index (χ2v) is 4.42. The van der Waals surface area contributed by atoms with E-state index in [9.17, 15) is 0 Å². The van der Waals surface area contributed by atoms with Gasteiger partial charge in [-0.1, -0.05) is 30.3 Å². The molecule has 80 valence electrons. The standard InChI is InChI=1S/C14H13NS/c1-2-15-12-8-4-3-6-10(12)11-7-5-9-13(16)14(11)15/h3-9,16H,2H2,1H3. The van der Waals surface area contributed by atoms with Crippen LogP contribution in [0.15, 0.2) is 47.4 Å². The molecule has 1 aromatic heterocycles. The maximum atomic E-state index is 4.56. The quantitative estimate of drug-likeness (QED) is 0.597. The van der Waals surface area contributed by atoms with Gasteiger partial charge in [0.1, 0.15) is 0 Å². The average Bonchev–Trinajstić information content (AvgIpc) is 2.65. The highest BCUT2D eigenvalue weighted by Crippen LogP contribution is 2.32. The molecular weight excluding hydrogens is 214 g/mol. The Kier molecular flexibility index (Phi) is 2.18. The first-order chi connectivity index (χ1) is 7.83. The van der Waals surface area contributed by atoms with Gasteiger partial charge in [-0.2, -0.15) is 0 Å². The van der Waals surface area contributed by atoms with Crippen molar-refractivity contribution in [3.63, 3.8) is 0 Å². The first-order valence-corrected chi connectivity index (χ1v) is 5.96. The SMILES string of the molecule is CCn1c2ccccc2c2cccc(S)c21. The molecule has 3 aromatic rings. The van der Waals surface area contributed by atoms with E-state index in [1.54, 1.807) is 0 Å². The largest absolute Gasteiger partial charge is 0.340 e. The van der Waals surface area contributed by atoms with Gasteiger partial charge in [-0.3, -0.25) is 0 Å². The van der Waals surface area contributed by atoms with E-state index in [4.69, 9.17) is 0 Å². The fourth-order valence-corrected chi connectivity index (χ4v) is 2.75. The summed E-state index contributed by atoms with van der Waals surface area (Å²) in [6.45, 7) is 3.15. The van der Waals surface area contributed by atoms with Crippen molar-refractivity contribution >= 4 is 34.4 Å². The number of fused-ring (bicyclic) bond motifs is 3. The van der Waals surface area contributed by atoms with Crippen LogP contribution in [0.1, 0.15) is 6.92 Å². The molecule has 0 unspecified atom stereocenters. The number of hydrogen-bond donors (Lipinski definition) is 1. The monoisotopic (exact) mass is 227 g/mol. The number of thiol groups is 1. The van der Waals surface area contributed by atoms with Crippen LogP contribution in [0.3, 0.4) is 0 Å². The summed E-state index contributed by atoms with van der Waals surface area (Å²) in [5.74, 6) is 0. The summed E-state index contributed by atoms with van der Waals surface area (Å²) in [5, 5.41) is 2.61. The molecule has 2 aromatic carbocycles. The third-order valence-electron chi connectivity index (χ3n) is 3.09. The Bertz CT molecular complexity index is 667. The number of nitrogens with zero attached hydrogens (tertiary/aromatic N) is 1. The van der Waals surface area contributed by atoms with E-state index in [1.807, 2.05) is 0 Å². The normalized spacial score (nSPS) is 11.4. The predicted molar refractivity (Wildman–Crippen MR) is 72.4 cm³/mol. The number of para-hydroxylation sites is 2. The lowest BCUT2D eigenvalue weighted by atomic mass is 10.1. The Hall–Kier alpha value is -1.41. The fraction of sp³-hybridized carbons (Fsp3) is 0.143. The summed E-state index contributed by atoms with van der Waals surface area (Å²) >= 11 is 4.56. The van der Waals surface area contributed by atoms with Crippen molar-refractivity contribution in [3.8, 4) is 0 Å². The number of rotatable bonds is 1. The summed E-state index contributed by atoms with van der Waals surface area (Å²) in [6, 6.07) is 14.8. The molecule has 0 aliphatic carbocycles. The van der Waals surface area contributed by atoms with Gasteiger partial charge in [0.2, 0.25) is 0 Å². The topological polar surface area (TPSA) is 4.93 Å². The number of benzene rings is 2. The summed E-state index contributed by atoms with van der Waals surface area (Å²) < 4.78 is 2.33. The predicted octanol–water partition coefficient (Wildman–Crippen LogP) is 4.10. The van der Waals surface area contributed by atoms with Crippen LogP contribution in [0, 0.1) is 0 Å². The molecule has 0 saturated carbocycles. The van der Waals surface area contributed by atoms with Gasteiger partial charge in [0.15, 0.2) is 0 Å². The summed E-state index contributed by atoms with van der Waals surface area (Å²) in [7, 11) is 0. The molecule has 0 spiro atoms. The fourth-order valence-electron chi connectivity index (χ4n) is 2.42. The van der Waals surface area contributed by atoms with E-state index >= 15 is 0 Å². The second kappa shape index (κ2) is 3.56. The smallest absolute Gasteiger partial charge is 0.0626 e. The zero-order valence-corrected chi connectivity index (χ0v) is 10.0. The van der Waals surface area contributed by atoms with Gasteiger partial charge >= 0.3 is 0 Å². The summed E-state index contributed by atoms with van der Waals surface area (Å²) in [6.07, 6.45) is 0. The zero-order valence-electron chi connectivity index (χ0n) is 9.14. The highest BCUT2D eigenvalue weighted by atomic mass is 32.1. The number of hydrogen-bond acceptors (Lipinski definition) is 1. The zero-order chi connectivity index (χ0) is 11.1. The molecule has 0 aliphatic rings. The molecule has 1 heterocycles. The van der Waals surface area contributed by atoms with Gasteiger partial charge in [-0.25, -0.2) is 0 Å². The third kappa shape index (κ3) is 1.20. The summed E-state index contributed by atoms with van der Waals surface area (Å²) in [5.41, 5.74) is 2.54. The van der Waals surface area contributed by atoms with Crippen molar-refractivity contribution in [2.45, 2.75) is 18.4 Å². The van der Waals surface area contributed by atoms with Crippen LogP contribution < -0.4 is 0 Å². The first-order valence-electron chi connectivity index (χ1n) is 5.52. The Balaban J connectivity index is 2.64. The maximum Gasteiger partial charge on any atom is 0.0626 e. The summed E-state index contributed by atoms with van der Waals surface area (Å²) in [4.78, 5) is 1.05. The molecule has 3 rings (SSSR count). The molecule has 0 aliphatic heterocycles. The lowest BCUT2D eigenvalue weighted by molar-refractivity contribution is 0.821. The maximum absolute atomic E-state index is 4.56. The average molecular weight is 227 g/mol. The minimum Gasteiger partial charge on any atom is -0.340 e. The van der Waals surface area contributed by atoms with E-state index in [0.717, 1.165) is 11.4 Å². The Morgan fingerprint density at radius 1 is 1.00 bits per heavy atom. The van der Waals surface area contributed by atoms with E-state index in [0.29, 0.717) is 0 Å². The van der Waals surface area contributed by atoms with Gasteiger partial charge in [0, 0.05) is 27.7 Å². The van der Waals surface area contributed by atoms with Crippen molar-refractivity contribution < 1.29 is 0 Å². The van der Waals surface area contributed by atoms with Crippen LogP contribution in [0.25, 0.3) is 21.8 Å². The van der Waals surface area contributed by atoms with Crippen LogP contribution in [0.2, 0.25) is 0 Å². The second-order valence-electron chi connectivity index (χ2n) is 3.93. The van der Waals surface area contributed by atoms with Gasteiger partial charge in [-0.15, -0.1) is 12.6 Å². The van der Waals surface area contributed by atoms with Crippen LogP contribution in [-0.4, -0.2) is 4.57 Å². The highest BCUT2D eigenvalue weighted by Gasteiger charge is 2.10. The van der Waals surface area contributed by atoms with Crippen LogP contribution in [0.5, 0.6) is 0 Å². The molecule has 16 heavy (non-hydrogen) atoms. The number of aromatic nitrogens is 1. The Morgan fingerprint density at radius 3 is 2.56 bits per heavy atom. The van der Waals surface area contributed by atoms with Crippen LogP contribution >= 0.6 is 12.6 Å². The van der Waals surface area contributed by atoms with Crippen molar-refractivity contribution in [1.82, 2.24) is 4.57 Å². The van der Waals surface area contributed by atoms with E-state index in [2.05, 4.69) is 66.6 Å². The molecule has 0 N–H and O–H groups in total. The molecule has 0 fully saturated rings. The Morgan fingerprint density at radius 2 is 1.75 bits per heavy atom. The van der Waals surface area contributed by atoms with Crippen molar-refractivity contribution in [2.24, 2.45) is 0 Å². The van der Waals surface area contributed by atoms with Gasteiger partial charge in [-0.05, 0) is 19.1 Å². The van der Waals surface area contributed by atoms with Crippen molar-refractivity contribution in [1.29, 1.82) is 0 Å². The Labute approximate surface area is 100 Å². The van der Waals surface area contributed by atoms with E-state index < -0.39 is 0 Å². The highest BCUT2D eigenvalue weighted by molar-refractivity contribution is 7.80. The molecule has 0 bridgehead atoms. The molecular formula is C14H13NS. The minimum atomic E-state index is 0.974. The third-order valence-corrected chi connectivity index (χ3v) is 3.45. The van der Waals surface area contributed by atoms with E-state index in [-0.39, 0.29) is 0 Å². The van der Waals surface area contributed by atoms with Crippen LogP contribution in [-0.2, 0) is 6.54 Å². The van der Waals surface area contributed by atoms with Gasteiger partial charge in [0.25, 0.3) is 0 Å².